The zero-order valence-corrected chi connectivity index (χ0v) is 22.2. The molecule has 1 heterocycles. The monoisotopic (exact) mass is 536 g/mol. The summed E-state index contributed by atoms with van der Waals surface area (Å²) in [7, 11) is -2.43. The van der Waals surface area contributed by atoms with Crippen LogP contribution in [0, 0.1) is 5.92 Å². The van der Waals surface area contributed by atoms with Crippen molar-refractivity contribution in [2.24, 2.45) is 5.92 Å². The van der Waals surface area contributed by atoms with Gasteiger partial charge in [0.25, 0.3) is 0 Å². The van der Waals surface area contributed by atoms with Crippen molar-refractivity contribution in [3.8, 4) is 5.75 Å². The van der Waals surface area contributed by atoms with Gasteiger partial charge in [0.05, 0.1) is 37.4 Å². The van der Waals surface area contributed by atoms with Gasteiger partial charge in [-0.25, -0.2) is 13.2 Å². The zero-order chi connectivity index (χ0) is 26.8. The van der Waals surface area contributed by atoms with Crippen molar-refractivity contribution in [1.29, 1.82) is 0 Å². The van der Waals surface area contributed by atoms with Crippen molar-refractivity contribution in [1.82, 2.24) is 9.62 Å². The first-order valence-electron chi connectivity index (χ1n) is 12.2. The summed E-state index contributed by atoms with van der Waals surface area (Å²) in [5.74, 6) is 0.533. The topological polar surface area (TPSA) is 124 Å². The van der Waals surface area contributed by atoms with E-state index >= 15 is 0 Å². The maximum Gasteiger partial charge on any atom is 0.407 e. The molecule has 0 aromatic heterocycles. The molecule has 1 amide bonds. The number of amides is 1. The molecule has 37 heavy (non-hydrogen) atoms. The number of ether oxygens (including phenoxy) is 4. The zero-order valence-electron chi connectivity index (χ0n) is 21.4. The number of carbonyl (C=O) groups is 1. The van der Waals surface area contributed by atoms with E-state index in [0.29, 0.717) is 5.75 Å². The van der Waals surface area contributed by atoms with Crippen molar-refractivity contribution >= 4 is 16.1 Å². The molecule has 0 bridgehead atoms. The van der Waals surface area contributed by atoms with Gasteiger partial charge in [-0.3, -0.25) is 0 Å². The quantitative estimate of drug-likeness (QED) is 0.424. The highest BCUT2D eigenvalue weighted by Crippen LogP contribution is 2.22. The molecule has 1 aliphatic rings. The normalized spacial score (nSPS) is 16.4. The van der Waals surface area contributed by atoms with Gasteiger partial charge in [0.2, 0.25) is 10.0 Å². The third kappa shape index (κ3) is 8.68. The number of aliphatic hydroxyl groups excluding tert-OH is 1. The Labute approximate surface area is 218 Å². The molecule has 0 spiro atoms. The van der Waals surface area contributed by atoms with E-state index in [1.807, 2.05) is 44.2 Å². The van der Waals surface area contributed by atoms with Gasteiger partial charge in [-0.1, -0.05) is 44.2 Å². The second-order valence-electron chi connectivity index (χ2n) is 9.29. The Hall–Kier alpha value is -2.70. The van der Waals surface area contributed by atoms with E-state index < -0.39 is 34.4 Å². The summed E-state index contributed by atoms with van der Waals surface area (Å²) in [6, 6.07) is 14.6. The highest BCUT2D eigenvalue weighted by molar-refractivity contribution is 7.89. The van der Waals surface area contributed by atoms with Gasteiger partial charge in [-0.05, 0) is 42.2 Å². The van der Waals surface area contributed by atoms with E-state index in [4.69, 9.17) is 18.9 Å². The van der Waals surface area contributed by atoms with Gasteiger partial charge in [0, 0.05) is 13.1 Å². The molecule has 1 fully saturated rings. The van der Waals surface area contributed by atoms with Crippen LogP contribution in [0.25, 0.3) is 0 Å². The van der Waals surface area contributed by atoms with E-state index in [0.717, 1.165) is 5.56 Å². The average molecular weight is 537 g/mol. The van der Waals surface area contributed by atoms with Gasteiger partial charge in [-0.2, -0.15) is 4.31 Å². The van der Waals surface area contributed by atoms with Crippen LogP contribution >= 0.6 is 0 Å². The number of sulfonamides is 1. The molecule has 2 aromatic rings. The summed E-state index contributed by atoms with van der Waals surface area (Å²) in [5.41, 5.74) is 0.865. The second kappa shape index (κ2) is 13.7. The lowest BCUT2D eigenvalue weighted by Crippen LogP contribution is -2.52. The van der Waals surface area contributed by atoms with Crippen molar-refractivity contribution in [3.05, 3.63) is 60.2 Å². The van der Waals surface area contributed by atoms with Gasteiger partial charge < -0.3 is 29.4 Å². The fraction of sp³-hybridized carbons (Fsp3) is 0.500. The number of aliphatic hydroxyl groups is 1. The van der Waals surface area contributed by atoms with E-state index in [-0.39, 0.29) is 50.3 Å². The molecule has 0 aliphatic carbocycles. The summed E-state index contributed by atoms with van der Waals surface area (Å²) >= 11 is 0. The van der Waals surface area contributed by atoms with Crippen molar-refractivity contribution in [2.75, 3.05) is 40.2 Å². The highest BCUT2D eigenvalue weighted by Gasteiger charge is 2.32. The van der Waals surface area contributed by atoms with Crippen LogP contribution in [-0.2, 0) is 30.7 Å². The lowest BCUT2D eigenvalue weighted by atomic mass is 10.0. The largest absolute Gasteiger partial charge is 0.497 e. The minimum Gasteiger partial charge on any atom is -0.497 e. The number of alkyl carbamates (subject to hydrolysis) is 1. The maximum atomic E-state index is 13.5. The van der Waals surface area contributed by atoms with Crippen LogP contribution in [0.4, 0.5) is 4.79 Å². The molecular weight excluding hydrogens is 500 g/mol. The summed E-state index contributed by atoms with van der Waals surface area (Å²) in [4.78, 5) is 12.7. The lowest BCUT2D eigenvalue weighted by Gasteiger charge is -2.31. The van der Waals surface area contributed by atoms with E-state index in [2.05, 4.69) is 5.32 Å². The highest BCUT2D eigenvalue weighted by atomic mass is 32.2. The summed E-state index contributed by atoms with van der Waals surface area (Å²) < 4.78 is 49.1. The molecule has 1 saturated heterocycles. The Balaban J connectivity index is 1.79. The Morgan fingerprint density at radius 2 is 1.73 bits per heavy atom. The molecule has 1 aliphatic heterocycles. The Kier molecular flexibility index (Phi) is 10.7. The number of rotatable bonds is 12. The SMILES string of the molecule is COc1ccc(S(=O)(=O)N(CC(C)C)C[C@@H](O)[C@H](Cc2ccccc2)NC(=O)OC2COCOC2)cc1. The molecule has 2 N–H and O–H groups in total. The Morgan fingerprint density at radius 3 is 2.32 bits per heavy atom. The summed E-state index contributed by atoms with van der Waals surface area (Å²) in [5, 5.41) is 14.0. The summed E-state index contributed by atoms with van der Waals surface area (Å²) in [6.45, 7) is 4.32. The fourth-order valence-electron chi connectivity index (χ4n) is 3.93. The number of hydrogen-bond acceptors (Lipinski definition) is 8. The first-order valence-corrected chi connectivity index (χ1v) is 13.6. The van der Waals surface area contributed by atoms with E-state index in [1.54, 1.807) is 12.1 Å². The molecule has 10 nitrogen and oxygen atoms in total. The third-order valence-corrected chi connectivity index (χ3v) is 7.62. The first kappa shape index (κ1) is 28.9. The molecule has 204 valence electrons. The number of hydrogen-bond donors (Lipinski definition) is 2. The van der Waals surface area contributed by atoms with Gasteiger partial charge >= 0.3 is 6.09 Å². The first-order chi connectivity index (χ1) is 17.7. The van der Waals surface area contributed by atoms with Crippen molar-refractivity contribution in [3.63, 3.8) is 0 Å². The number of methoxy groups -OCH3 is 1. The predicted octanol–water partition coefficient (Wildman–Crippen LogP) is 2.41. The minimum atomic E-state index is -3.93. The molecule has 2 atom stereocenters. The lowest BCUT2D eigenvalue weighted by molar-refractivity contribution is -0.151. The van der Waals surface area contributed by atoms with Crippen LogP contribution in [0.15, 0.2) is 59.5 Å². The Morgan fingerprint density at radius 1 is 1.08 bits per heavy atom. The van der Waals surface area contributed by atoms with E-state index in [1.165, 1.54) is 23.5 Å². The van der Waals surface area contributed by atoms with Gasteiger partial charge in [0.15, 0.2) is 6.10 Å². The molecule has 0 radical (unpaired) electrons. The number of benzene rings is 2. The molecule has 11 heteroatoms. The van der Waals surface area contributed by atoms with Crippen LogP contribution in [0.1, 0.15) is 19.4 Å². The van der Waals surface area contributed by atoms with E-state index in [9.17, 15) is 18.3 Å². The molecule has 3 rings (SSSR count). The number of nitrogens with zero attached hydrogens (tertiary/aromatic N) is 1. The number of carbonyl (C=O) groups excluding carboxylic acids is 1. The minimum absolute atomic E-state index is 0.00276. The van der Waals surface area contributed by atoms with Crippen LogP contribution in [0.2, 0.25) is 0 Å². The van der Waals surface area contributed by atoms with Gasteiger partial charge in [0.1, 0.15) is 12.5 Å². The average Bonchev–Trinajstić information content (AvgIpc) is 2.88. The fourth-order valence-corrected chi connectivity index (χ4v) is 5.55. The smallest absolute Gasteiger partial charge is 0.407 e. The van der Waals surface area contributed by atoms with Crippen LogP contribution in [-0.4, -0.2) is 82.4 Å². The summed E-state index contributed by atoms with van der Waals surface area (Å²) in [6.07, 6.45) is -2.27. The molecular formula is C26H36N2O8S. The van der Waals surface area contributed by atoms with Crippen molar-refractivity contribution in [2.45, 2.75) is 43.4 Å². The van der Waals surface area contributed by atoms with Crippen LogP contribution < -0.4 is 10.1 Å². The molecule has 0 unspecified atom stereocenters. The molecule has 2 aromatic carbocycles. The molecule has 0 saturated carbocycles. The third-order valence-electron chi connectivity index (χ3n) is 5.77. The number of nitrogens with one attached hydrogen (secondary N) is 1. The Bertz CT molecular complexity index is 1070. The van der Waals surface area contributed by atoms with Crippen LogP contribution in [0.3, 0.4) is 0 Å². The maximum absolute atomic E-state index is 13.5. The van der Waals surface area contributed by atoms with Crippen LogP contribution in [0.5, 0.6) is 5.75 Å². The van der Waals surface area contributed by atoms with Crippen molar-refractivity contribution < 1.29 is 37.3 Å². The van der Waals surface area contributed by atoms with Gasteiger partial charge in [-0.15, -0.1) is 0 Å². The standard InChI is InChI=1S/C26H36N2O8S/c1-19(2)14-28(37(31,32)23-11-9-21(33-3)10-12-23)15-25(29)24(13-20-7-5-4-6-8-20)27-26(30)36-22-16-34-18-35-17-22/h4-12,19,22,24-25,29H,13-18H2,1-3H3,(H,27,30)/t24-,25+/m0/s1. The second-order valence-corrected chi connectivity index (χ2v) is 11.2. The predicted molar refractivity (Wildman–Crippen MR) is 137 cm³/mol.